The maximum Gasteiger partial charge on any atom is 0.500 e. The highest BCUT2D eigenvalue weighted by Crippen LogP contribution is 2.14. The van der Waals surface area contributed by atoms with E-state index in [4.69, 9.17) is 18.0 Å². The summed E-state index contributed by atoms with van der Waals surface area (Å²) in [5.41, 5.74) is 0. The third kappa shape index (κ3) is 11.9. The molecule has 0 aromatic heterocycles. The maximum atomic E-state index is 12.3. The van der Waals surface area contributed by atoms with Gasteiger partial charge in [-0.05, 0) is 12.8 Å². The van der Waals surface area contributed by atoms with Crippen LogP contribution in [0.1, 0.15) is 12.8 Å². The van der Waals surface area contributed by atoms with Crippen LogP contribution in [0.4, 0.5) is 8.78 Å². The van der Waals surface area contributed by atoms with Gasteiger partial charge >= 0.3 is 15.0 Å². The summed E-state index contributed by atoms with van der Waals surface area (Å²) in [6, 6.07) is 0.714. The molecule has 0 saturated carbocycles. The second-order valence-corrected chi connectivity index (χ2v) is 7.24. The number of halogens is 2. The van der Waals surface area contributed by atoms with Crippen LogP contribution in [0.5, 0.6) is 0 Å². The lowest BCUT2D eigenvalue weighted by Crippen LogP contribution is -2.42. The molecule has 0 fully saturated rings. The number of alkyl halides is 2. The Morgan fingerprint density at radius 3 is 1.52 bits per heavy atom. The quantitative estimate of drug-likeness (QED) is 0.282. The third-order valence-electron chi connectivity index (χ3n) is 2.86. The van der Waals surface area contributed by atoms with Gasteiger partial charge in [0.1, 0.15) is 0 Å². The largest absolute Gasteiger partial charge is 0.500 e. The van der Waals surface area contributed by atoms with Crippen molar-refractivity contribution >= 4 is 8.80 Å². The number of rotatable bonds is 13. The summed E-state index contributed by atoms with van der Waals surface area (Å²) < 4.78 is 57.4. The van der Waals surface area contributed by atoms with Gasteiger partial charge in [0.15, 0.2) is 0 Å². The molecule has 0 bridgehead atoms. The van der Waals surface area contributed by atoms with Gasteiger partial charge in [-0.25, -0.2) is 0 Å². The van der Waals surface area contributed by atoms with Crippen LogP contribution in [-0.4, -0.2) is 77.6 Å². The average Bonchev–Trinajstić information content (AvgIpc) is 2.61. The van der Waals surface area contributed by atoms with Crippen LogP contribution in [0.15, 0.2) is 0 Å². The third-order valence-corrected chi connectivity index (χ3v) is 5.69. The Hall–Kier alpha value is -0.203. The van der Waals surface area contributed by atoms with Crippen molar-refractivity contribution in [1.29, 1.82) is 0 Å². The highest BCUT2D eigenvalue weighted by atomic mass is 28.4. The lowest BCUT2D eigenvalue weighted by molar-refractivity contribution is -0.425. The predicted molar refractivity (Wildman–Crippen MR) is 82.5 cm³/mol. The number of ether oxygens (including phenoxy) is 4. The molecule has 0 aliphatic rings. The fraction of sp³-hybridized carbons (Fsp3) is 1.00. The molecule has 10 heteroatoms. The van der Waals surface area contributed by atoms with Gasteiger partial charge in [-0.3, -0.25) is 4.39 Å². The molecule has 23 heavy (non-hydrogen) atoms. The minimum Gasteiger partial charge on any atom is -0.381 e. The average molecular weight is 364 g/mol. The second-order valence-electron chi connectivity index (χ2n) is 4.15. The molecule has 0 saturated heterocycles. The van der Waals surface area contributed by atoms with E-state index in [-0.39, 0.29) is 6.67 Å². The second kappa shape index (κ2) is 15.3. The van der Waals surface area contributed by atoms with Crippen LogP contribution in [0.2, 0.25) is 6.04 Å². The minimum atomic E-state index is -2.44. The van der Waals surface area contributed by atoms with E-state index in [9.17, 15) is 8.78 Å². The Bertz CT molecular complexity index is 238. The van der Waals surface area contributed by atoms with Gasteiger partial charge in [0.25, 0.3) is 0 Å². The molecule has 0 rings (SSSR count). The summed E-state index contributed by atoms with van der Waals surface area (Å²) >= 11 is 0. The fourth-order valence-electron chi connectivity index (χ4n) is 1.46. The molecule has 0 atom stereocenters. The van der Waals surface area contributed by atoms with E-state index >= 15 is 0 Å². The van der Waals surface area contributed by atoms with Crippen molar-refractivity contribution < 1.29 is 41.0 Å². The van der Waals surface area contributed by atoms with Crippen LogP contribution < -0.4 is 0 Å². The van der Waals surface area contributed by atoms with Crippen molar-refractivity contribution in [1.82, 2.24) is 0 Å². The molecule has 0 heterocycles. The smallest absolute Gasteiger partial charge is 0.381 e. The Balaban J connectivity index is 0. The zero-order chi connectivity index (χ0) is 18.2. The molecule has 0 aromatic carbocycles. The van der Waals surface area contributed by atoms with Crippen LogP contribution >= 0.6 is 0 Å². The molecule has 0 spiro atoms. The Morgan fingerprint density at radius 1 is 0.783 bits per heavy atom. The van der Waals surface area contributed by atoms with Gasteiger partial charge in [-0.1, -0.05) is 0 Å². The van der Waals surface area contributed by atoms with E-state index in [0.29, 0.717) is 25.7 Å². The van der Waals surface area contributed by atoms with E-state index < -0.39 is 15.0 Å². The van der Waals surface area contributed by atoms with E-state index in [1.807, 2.05) is 0 Å². The first-order chi connectivity index (χ1) is 10.9. The van der Waals surface area contributed by atoms with Crippen LogP contribution in [0.25, 0.3) is 0 Å². The molecule has 0 aromatic rings. The zero-order valence-electron chi connectivity index (χ0n) is 14.9. The first-order valence-corrected chi connectivity index (χ1v) is 8.99. The monoisotopic (exact) mass is 364 g/mol. The molecular formula is C13H30F2O7Si. The summed E-state index contributed by atoms with van der Waals surface area (Å²) in [6.45, 7) is 0.732. The summed E-state index contributed by atoms with van der Waals surface area (Å²) in [5, 5.41) is 0. The molecular weight excluding hydrogens is 334 g/mol. The van der Waals surface area contributed by atoms with E-state index in [1.54, 1.807) is 21.3 Å². The lowest BCUT2D eigenvalue weighted by Gasteiger charge is -2.24. The summed E-state index contributed by atoms with van der Waals surface area (Å²) in [4.78, 5) is 0. The summed E-state index contributed by atoms with van der Waals surface area (Å²) in [7, 11) is 5.76. The minimum absolute atomic E-state index is 0.326. The molecule has 0 N–H and O–H groups in total. The number of hydrogen-bond acceptors (Lipinski definition) is 7. The van der Waals surface area contributed by atoms with E-state index in [0.717, 1.165) is 27.8 Å². The molecule has 7 nitrogen and oxygen atoms in total. The van der Waals surface area contributed by atoms with Gasteiger partial charge in [0.2, 0.25) is 0 Å². The van der Waals surface area contributed by atoms with Crippen LogP contribution in [0, 0.1) is 0 Å². The number of methoxy groups -OCH3 is 3. The van der Waals surface area contributed by atoms with Gasteiger partial charge in [-0.2, -0.15) is 4.39 Å². The molecule has 0 radical (unpaired) electrons. The van der Waals surface area contributed by atoms with Gasteiger partial charge in [0.05, 0.1) is 6.67 Å². The topological polar surface area (TPSA) is 64.6 Å². The van der Waals surface area contributed by atoms with E-state index in [1.165, 1.54) is 0 Å². The highest BCUT2D eigenvalue weighted by molar-refractivity contribution is 6.60. The first kappa shape index (κ1) is 25.0. The molecule has 142 valence electrons. The van der Waals surface area contributed by atoms with Gasteiger partial charge in [0, 0.05) is 61.9 Å². The Kier molecular flexibility index (Phi) is 16.7. The van der Waals surface area contributed by atoms with Crippen molar-refractivity contribution in [2.75, 3.05) is 62.5 Å². The first-order valence-electron chi connectivity index (χ1n) is 7.06. The predicted octanol–water partition coefficient (Wildman–Crippen LogP) is 2.14. The molecule has 0 aliphatic heterocycles. The highest BCUT2D eigenvalue weighted by Gasteiger charge is 2.36. The van der Waals surface area contributed by atoms with Crippen molar-refractivity contribution in [3.63, 3.8) is 0 Å². The molecule has 0 aliphatic carbocycles. The Morgan fingerprint density at radius 2 is 1.22 bits per heavy atom. The number of hydrogen-bond donors (Lipinski definition) is 0. The lowest BCUT2D eigenvalue weighted by atomic mass is 10.5. The molecule has 0 amide bonds. The summed E-state index contributed by atoms with van der Waals surface area (Å²) in [5.74, 6) is 0. The maximum absolute atomic E-state index is 12.3. The van der Waals surface area contributed by atoms with E-state index in [2.05, 4.69) is 14.2 Å². The normalized spacial score (nSPS) is 12.0. The van der Waals surface area contributed by atoms with Crippen molar-refractivity contribution in [3.8, 4) is 0 Å². The summed E-state index contributed by atoms with van der Waals surface area (Å²) in [6.07, 6.45) is -1.12. The van der Waals surface area contributed by atoms with Gasteiger partial charge < -0.3 is 32.2 Å². The zero-order valence-corrected chi connectivity index (χ0v) is 15.9. The fourth-order valence-corrected chi connectivity index (χ4v) is 3.15. The van der Waals surface area contributed by atoms with Crippen molar-refractivity contribution in [3.05, 3.63) is 0 Å². The molecule has 0 unspecified atom stereocenters. The van der Waals surface area contributed by atoms with Crippen LogP contribution in [-0.2, 0) is 32.2 Å². The Labute approximate surface area is 138 Å². The van der Waals surface area contributed by atoms with Gasteiger partial charge in [-0.15, -0.1) is 0 Å². The van der Waals surface area contributed by atoms with Crippen molar-refractivity contribution in [2.24, 2.45) is 0 Å². The SMILES string of the molecule is COC(F)(OC)OC.CO[Si](CCCOCCCF)(OC)OC. The van der Waals surface area contributed by atoms with Crippen LogP contribution in [0.3, 0.4) is 0 Å². The van der Waals surface area contributed by atoms with Crippen molar-refractivity contribution in [2.45, 2.75) is 25.1 Å². The standard InChI is InChI=1S/C9H21FO4Si.C4H9FO3/c1-11-15(12-2,13-3)9-5-8-14-7-4-6-10;1-6-4(5,7-2)8-3/h4-9H2,1-3H3;1-3H3.